The second-order valence-electron chi connectivity index (χ2n) is 4.83. The average Bonchev–Trinajstić information content (AvgIpc) is 2.47. The Hall–Kier alpha value is -2.04. The van der Waals surface area contributed by atoms with Crippen LogP contribution in [0.4, 0.5) is 0 Å². The van der Waals surface area contributed by atoms with E-state index in [0.717, 1.165) is 11.3 Å². The number of rotatable bonds is 7. The molecule has 1 amide bonds. The number of benzene rings is 1. The van der Waals surface area contributed by atoms with Crippen LogP contribution in [0.5, 0.6) is 5.75 Å². The molecule has 1 aromatic rings. The molecule has 0 aliphatic rings. The van der Waals surface area contributed by atoms with Gasteiger partial charge in [0.25, 0.3) is 0 Å². The lowest BCUT2D eigenvalue weighted by Gasteiger charge is -2.19. The maximum Gasteiger partial charge on any atom is 0.325 e. The number of methoxy groups -OCH3 is 1. The zero-order valence-corrected chi connectivity index (χ0v) is 13.1. The van der Waals surface area contributed by atoms with E-state index >= 15 is 0 Å². The first-order valence-corrected chi connectivity index (χ1v) is 7.02. The van der Waals surface area contributed by atoms with Crippen LogP contribution < -0.4 is 4.74 Å². The van der Waals surface area contributed by atoms with E-state index < -0.39 is 5.97 Å². The normalized spacial score (nSPS) is 10.1. The van der Waals surface area contributed by atoms with E-state index in [1.165, 1.54) is 17.6 Å². The van der Waals surface area contributed by atoms with Crippen LogP contribution >= 0.6 is 0 Å². The number of hydrogen-bond acceptors (Lipinski definition) is 4. The highest BCUT2D eigenvalue weighted by Gasteiger charge is 2.15. The van der Waals surface area contributed by atoms with E-state index in [2.05, 4.69) is 4.74 Å². The largest absolute Gasteiger partial charge is 0.493 e. The zero-order chi connectivity index (χ0) is 15.8. The van der Waals surface area contributed by atoms with Crippen LogP contribution in [0.15, 0.2) is 18.2 Å². The van der Waals surface area contributed by atoms with E-state index in [9.17, 15) is 9.59 Å². The van der Waals surface area contributed by atoms with Crippen LogP contribution in [0.1, 0.15) is 24.5 Å². The van der Waals surface area contributed by atoms with Crippen molar-refractivity contribution in [1.29, 1.82) is 0 Å². The van der Waals surface area contributed by atoms with Gasteiger partial charge in [-0.2, -0.15) is 0 Å². The van der Waals surface area contributed by atoms with Crippen molar-refractivity contribution in [2.75, 3.05) is 26.8 Å². The molecule has 116 valence electrons. The Morgan fingerprint density at radius 2 is 1.90 bits per heavy atom. The number of ether oxygens (including phenoxy) is 2. The number of esters is 1. The third kappa shape index (κ3) is 5.45. The minimum absolute atomic E-state index is 0.0184. The van der Waals surface area contributed by atoms with Crippen LogP contribution in [0, 0.1) is 13.8 Å². The Morgan fingerprint density at radius 3 is 2.48 bits per heavy atom. The topological polar surface area (TPSA) is 55.8 Å². The summed E-state index contributed by atoms with van der Waals surface area (Å²) in [5.41, 5.74) is 2.35. The summed E-state index contributed by atoms with van der Waals surface area (Å²) in [4.78, 5) is 24.6. The standard InChI is InChI=1S/C16H23NO4/c1-5-17(11-16(19)20-4)15(18)8-9-21-14-7-6-12(2)13(3)10-14/h6-7,10H,5,8-9,11H2,1-4H3. The van der Waals surface area contributed by atoms with E-state index in [-0.39, 0.29) is 18.9 Å². The molecule has 5 nitrogen and oxygen atoms in total. The van der Waals surface area contributed by atoms with Crippen molar-refractivity contribution in [3.05, 3.63) is 29.3 Å². The van der Waals surface area contributed by atoms with Crippen molar-refractivity contribution in [2.45, 2.75) is 27.2 Å². The Kier molecular flexibility index (Phi) is 6.72. The Morgan fingerprint density at radius 1 is 1.19 bits per heavy atom. The molecule has 0 saturated carbocycles. The van der Waals surface area contributed by atoms with Crippen LogP contribution in [0.3, 0.4) is 0 Å². The predicted octanol–water partition coefficient (Wildman–Crippen LogP) is 2.09. The summed E-state index contributed by atoms with van der Waals surface area (Å²) in [5.74, 6) is 0.217. The highest BCUT2D eigenvalue weighted by atomic mass is 16.5. The highest BCUT2D eigenvalue weighted by Crippen LogP contribution is 2.16. The molecule has 0 saturated heterocycles. The molecule has 0 bridgehead atoms. The fourth-order valence-corrected chi connectivity index (χ4v) is 1.81. The molecule has 0 aromatic heterocycles. The summed E-state index contributed by atoms with van der Waals surface area (Å²) in [7, 11) is 1.31. The van der Waals surface area contributed by atoms with E-state index in [1.54, 1.807) is 0 Å². The third-order valence-corrected chi connectivity index (χ3v) is 3.35. The van der Waals surface area contributed by atoms with Crippen molar-refractivity contribution in [2.24, 2.45) is 0 Å². The predicted molar refractivity (Wildman–Crippen MR) is 80.3 cm³/mol. The monoisotopic (exact) mass is 293 g/mol. The van der Waals surface area contributed by atoms with Gasteiger partial charge in [0.05, 0.1) is 20.1 Å². The van der Waals surface area contributed by atoms with Crippen molar-refractivity contribution >= 4 is 11.9 Å². The van der Waals surface area contributed by atoms with Gasteiger partial charge in [0.2, 0.25) is 5.91 Å². The van der Waals surface area contributed by atoms with Gasteiger partial charge in [0.15, 0.2) is 0 Å². The van der Waals surface area contributed by atoms with Gasteiger partial charge in [-0.05, 0) is 44.0 Å². The second-order valence-corrected chi connectivity index (χ2v) is 4.83. The lowest BCUT2D eigenvalue weighted by atomic mass is 10.1. The van der Waals surface area contributed by atoms with E-state index in [4.69, 9.17) is 4.74 Å². The van der Waals surface area contributed by atoms with Gasteiger partial charge in [0, 0.05) is 6.54 Å². The van der Waals surface area contributed by atoms with Gasteiger partial charge in [-0.25, -0.2) is 0 Å². The summed E-state index contributed by atoms with van der Waals surface area (Å²) < 4.78 is 10.1. The number of nitrogens with zero attached hydrogens (tertiary/aromatic N) is 1. The van der Waals surface area contributed by atoms with Crippen molar-refractivity contribution in [3.63, 3.8) is 0 Å². The molecule has 21 heavy (non-hydrogen) atoms. The van der Waals surface area contributed by atoms with Crippen LogP contribution in [-0.4, -0.2) is 43.6 Å². The summed E-state index contributed by atoms with van der Waals surface area (Å²) in [6, 6.07) is 5.83. The fourth-order valence-electron chi connectivity index (χ4n) is 1.81. The first-order chi connectivity index (χ1) is 9.97. The van der Waals surface area contributed by atoms with Crippen LogP contribution in [0.2, 0.25) is 0 Å². The lowest BCUT2D eigenvalue weighted by Crippen LogP contribution is -2.36. The molecule has 0 heterocycles. The third-order valence-electron chi connectivity index (χ3n) is 3.35. The lowest BCUT2D eigenvalue weighted by molar-refractivity contribution is -0.147. The van der Waals surface area contributed by atoms with Crippen molar-refractivity contribution < 1.29 is 19.1 Å². The van der Waals surface area contributed by atoms with Gasteiger partial charge in [-0.15, -0.1) is 0 Å². The molecule has 1 rings (SSSR count). The molecule has 0 unspecified atom stereocenters. The fraction of sp³-hybridized carbons (Fsp3) is 0.500. The Balaban J connectivity index is 2.44. The first kappa shape index (κ1) is 17.0. The molecule has 0 aliphatic heterocycles. The van der Waals surface area contributed by atoms with Crippen molar-refractivity contribution in [1.82, 2.24) is 4.90 Å². The molecule has 0 spiro atoms. The van der Waals surface area contributed by atoms with E-state index in [1.807, 2.05) is 39.0 Å². The molecule has 0 radical (unpaired) electrons. The van der Waals surface area contributed by atoms with Gasteiger partial charge < -0.3 is 14.4 Å². The molecular formula is C16H23NO4. The number of hydrogen-bond donors (Lipinski definition) is 0. The number of likely N-dealkylation sites (N-methyl/N-ethyl adjacent to an activating group) is 1. The number of aryl methyl sites for hydroxylation is 2. The van der Waals surface area contributed by atoms with Crippen LogP contribution in [-0.2, 0) is 14.3 Å². The number of carbonyl (C=O) groups excluding carboxylic acids is 2. The summed E-state index contributed by atoms with van der Waals surface area (Å²) in [6.45, 7) is 6.62. The number of carbonyl (C=O) groups is 2. The van der Waals surface area contributed by atoms with Gasteiger partial charge in [0.1, 0.15) is 12.3 Å². The molecule has 0 atom stereocenters. The number of amides is 1. The molecule has 5 heteroatoms. The minimum Gasteiger partial charge on any atom is -0.493 e. The maximum atomic E-state index is 12.0. The highest BCUT2D eigenvalue weighted by molar-refractivity contribution is 5.82. The maximum absolute atomic E-state index is 12.0. The van der Waals surface area contributed by atoms with Crippen LogP contribution in [0.25, 0.3) is 0 Å². The summed E-state index contributed by atoms with van der Waals surface area (Å²) in [5, 5.41) is 0. The van der Waals surface area contributed by atoms with E-state index in [0.29, 0.717) is 13.2 Å². The molecule has 0 aliphatic carbocycles. The SMILES string of the molecule is CCN(CC(=O)OC)C(=O)CCOc1ccc(C)c(C)c1. The second kappa shape index (κ2) is 8.29. The molecule has 0 N–H and O–H groups in total. The van der Waals surface area contributed by atoms with Gasteiger partial charge in [-0.3, -0.25) is 9.59 Å². The Labute approximate surface area is 125 Å². The summed E-state index contributed by atoms with van der Waals surface area (Å²) >= 11 is 0. The quantitative estimate of drug-likeness (QED) is 0.722. The Bertz CT molecular complexity index is 499. The van der Waals surface area contributed by atoms with Crippen molar-refractivity contribution in [3.8, 4) is 5.75 Å². The molecule has 0 fully saturated rings. The molecule has 1 aromatic carbocycles. The molecular weight excluding hydrogens is 270 g/mol. The smallest absolute Gasteiger partial charge is 0.325 e. The minimum atomic E-state index is -0.416. The zero-order valence-electron chi connectivity index (χ0n) is 13.1. The van der Waals surface area contributed by atoms with Gasteiger partial charge in [-0.1, -0.05) is 6.07 Å². The summed E-state index contributed by atoms with van der Waals surface area (Å²) in [6.07, 6.45) is 0.234. The van der Waals surface area contributed by atoms with Gasteiger partial charge >= 0.3 is 5.97 Å². The first-order valence-electron chi connectivity index (χ1n) is 7.02. The average molecular weight is 293 g/mol.